The zero-order chi connectivity index (χ0) is 15.4. The summed E-state index contributed by atoms with van der Waals surface area (Å²) in [6.45, 7) is 9.78. The maximum Gasteiger partial charge on any atom is 0.303 e. The minimum Gasteiger partial charge on any atom is -0.481 e. The van der Waals surface area contributed by atoms with Crippen LogP contribution in [-0.4, -0.2) is 52.9 Å². The number of hydrogen-bond acceptors (Lipinski definition) is 2. The molecule has 0 aliphatic rings. The Hall–Kier alpha value is -0.870. The van der Waals surface area contributed by atoms with Gasteiger partial charge in [-0.25, -0.2) is 0 Å². The Morgan fingerprint density at radius 1 is 1.20 bits per heavy atom. The zero-order valence-electron chi connectivity index (χ0n) is 13.3. The quantitative estimate of drug-likeness (QED) is 0.428. The van der Waals surface area contributed by atoms with Crippen LogP contribution in [0.25, 0.3) is 0 Å². The molecular weight excluding hydrogens is 254 g/mol. The molecule has 0 aromatic heterocycles. The van der Waals surface area contributed by atoms with E-state index in [4.69, 9.17) is 5.11 Å². The van der Waals surface area contributed by atoms with Crippen LogP contribution in [-0.2, 0) is 4.79 Å². The average Bonchev–Trinajstić information content (AvgIpc) is 2.42. The molecule has 1 atom stereocenters. The smallest absolute Gasteiger partial charge is 0.303 e. The standard InChI is InChI=1S/C16H31NO3/c1-4-7-8-9-11-15(18)14-17(5-2,6-3)13-10-12-16(19)20/h8-9,15,18H,4-7,10-14H2,1-3H3/p+1/b9-8+. The first-order valence-corrected chi connectivity index (χ1v) is 7.89. The van der Waals surface area contributed by atoms with Crippen molar-refractivity contribution in [3.63, 3.8) is 0 Å². The van der Waals surface area contributed by atoms with Crippen molar-refractivity contribution in [3.8, 4) is 0 Å². The molecule has 0 aliphatic carbocycles. The summed E-state index contributed by atoms with van der Waals surface area (Å²) in [5.74, 6) is -0.738. The number of allylic oxidation sites excluding steroid dienone is 1. The molecular formula is C16H32NO3+. The van der Waals surface area contributed by atoms with Gasteiger partial charge in [-0.2, -0.15) is 0 Å². The van der Waals surface area contributed by atoms with Crippen LogP contribution in [0, 0.1) is 0 Å². The summed E-state index contributed by atoms with van der Waals surface area (Å²) in [6, 6.07) is 0. The fraction of sp³-hybridized carbons (Fsp3) is 0.812. The number of quaternary nitrogens is 1. The number of carbonyl (C=O) groups is 1. The predicted molar refractivity (Wildman–Crippen MR) is 82.6 cm³/mol. The Bertz CT molecular complexity index is 285. The number of carboxylic acid groups (broad SMARTS) is 1. The molecule has 0 heterocycles. The third-order valence-electron chi connectivity index (χ3n) is 3.99. The summed E-state index contributed by atoms with van der Waals surface area (Å²) in [4.78, 5) is 10.6. The van der Waals surface area contributed by atoms with Crippen LogP contribution >= 0.6 is 0 Å². The molecule has 0 spiro atoms. The Morgan fingerprint density at radius 3 is 2.35 bits per heavy atom. The third-order valence-corrected chi connectivity index (χ3v) is 3.99. The van der Waals surface area contributed by atoms with Crippen molar-refractivity contribution < 1.29 is 19.5 Å². The highest BCUT2D eigenvalue weighted by molar-refractivity contribution is 5.66. The zero-order valence-corrected chi connectivity index (χ0v) is 13.3. The van der Waals surface area contributed by atoms with Gasteiger partial charge in [0.15, 0.2) is 0 Å². The SMILES string of the molecule is CCC/C=C/CC(O)C[N+](CC)(CC)CCCC(=O)O. The molecule has 0 rings (SSSR count). The second kappa shape index (κ2) is 10.9. The highest BCUT2D eigenvalue weighted by atomic mass is 16.4. The largest absolute Gasteiger partial charge is 0.481 e. The highest BCUT2D eigenvalue weighted by Crippen LogP contribution is 2.12. The lowest BCUT2D eigenvalue weighted by Crippen LogP contribution is -2.52. The number of aliphatic carboxylic acids is 1. The molecule has 1 unspecified atom stereocenters. The number of likely N-dealkylation sites (N-methyl/N-ethyl adjacent to an activating group) is 1. The molecule has 0 aromatic rings. The van der Waals surface area contributed by atoms with Gasteiger partial charge in [-0.1, -0.05) is 25.5 Å². The predicted octanol–water partition coefficient (Wildman–Crippen LogP) is 2.82. The Kier molecular flexibility index (Phi) is 10.4. The van der Waals surface area contributed by atoms with E-state index >= 15 is 0 Å². The first-order valence-electron chi connectivity index (χ1n) is 7.89. The number of aliphatic hydroxyl groups is 1. The van der Waals surface area contributed by atoms with Crippen LogP contribution in [0.4, 0.5) is 0 Å². The molecule has 0 fully saturated rings. The summed E-state index contributed by atoms with van der Waals surface area (Å²) in [7, 11) is 0. The molecule has 20 heavy (non-hydrogen) atoms. The van der Waals surface area contributed by atoms with E-state index in [-0.39, 0.29) is 12.5 Å². The molecule has 0 saturated carbocycles. The maximum absolute atomic E-state index is 10.6. The van der Waals surface area contributed by atoms with Gasteiger partial charge < -0.3 is 14.7 Å². The van der Waals surface area contributed by atoms with Crippen molar-refractivity contribution in [2.24, 2.45) is 0 Å². The van der Waals surface area contributed by atoms with Crippen LogP contribution in [0.1, 0.15) is 52.9 Å². The lowest BCUT2D eigenvalue weighted by Gasteiger charge is -2.38. The molecule has 0 aliphatic heterocycles. The van der Waals surface area contributed by atoms with Crippen LogP contribution in [0.3, 0.4) is 0 Å². The van der Waals surface area contributed by atoms with E-state index in [1.54, 1.807) is 0 Å². The van der Waals surface area contributed by atoms with E-state index < -0.39 is 5.97 Å². The van der Waals surface area contributed by atoms with Gasteiger partial charge in [-0.05, 0) is 26.7 Å². The van der Waals surface area contributed by atoms with Crippen LogP contribution in [0.5, 0.6) is 0 Å². The monoisotopic (exact) mass is 286 g/mol. The van der Waals surface area contributed by atoms with Crippen LogP contribution in [0.2, 0.25) is 0 Å². The van der Waals surface area contributed by atoms with Gasteiger partial charge in [0, 0.05) is 6.42 Å². The van der Waals surface area contributed by atoms with E-state index in [9.17, 15) is 9.90 Å². The van der Waals surface area contributed by atoms with Crippen LogP contribution in [0.15, 0.2) is 12.2 Å². The Labute approximate surface area is 123 Å². The summed E-state index contributed by atoms with van der Waals surface area (Å²) in [6.07, 6.45) is 7.62. The summed E-state index contributed by atoms with van der Waals surface area (Å²) < 4.78 is 0.802. The molecule has 4 nitrogen and oxygen atoms in total. The second-order valence-corrected chi connectivity index (χ2v) is 5.53. The normalized spacial score (nSPS) is 13.8. The first kappa shape index (κ1) is 19.1. The topological polar surface area (TPSA) is 57.5 Å². The first-order chi connectivity index (χ1) is 9.49. The van der Waals surface area contributed by atoms with Crippen molar-refractivity contribution in [3.05, 3.63) is 12.2 Å². The number of unbranched alkanes of at least 4 members (excludes halogenated alkanes) is 1. The molecule has 0 saturated heterocycles. The summed E-state index contributed by atoms with van der Waals surface area (Å²) >= 11 is 0. The Morgan fingerprint density at radius 2 is 1.85 bits per heavy atom. The number of rotatable bonds is 12. The van der Waals surface area contributed by atoms with Crippen molar-refractivity contribution >= 4 is 5.97 Å². The summed E-state index contributed by atoms with van der Waals surface area (Å²) in [5, 5.41) is 18.9. The number of carboxylic acids is 1. The average molecular weight is 286 g/mol. The van der Waals surface area contributed by atoms with Crippen LogP contribution < -0.4 is 0 Å². The highest BCUT2D eigenvalue weighted by Gasteiger charge is 2.26. The van der Waals surface area contributed by atoms with Gasteiger partial charge in [0.2, 0.25) is 0 Å². The van der Waals surface area contributed by atoms with Crippen molar-refractivity contribution in [1.82, 2.24) is 0 Å². The minimum absolute atomic E-state index is 0.215. The minimum atomic E-state index is -0.738. The molecule has 118 valence electrons. The van der Waals surface area contributed by atoms with E-state index in [0.717, 1.165) is 37.0 Å². The molecule has 0 radical (unpaired) electrons. The second-order valence-electron chi connectivity index (χ2n) is 5.53. The van der Waals surface area contributed by atoms with E-state index in [1.807, 2.05) is 0 Å². The third kappa shape index (κ3) is 8.33. The molecule has 2 N–H and O–H groups in total. The van der Waals surface area contributed by atoms with E-state index in [1.165, 1.54) is 0 Å². The summed E-state index contributed by atoms with van der Waals surface area (Å²) in [5.41, 5.74) is 0. The lowest BCUT2D eigenvalue weighted by molar-refractivity contribution is -0.927. The fourth-order valence-electron chi connectivity index (χ4n) is 2.51. The van der Waals surface area contributed by atoms with Gasteiger partial charge in [-0.15, -0.1) is 0 Å². The van der Waals surface area contributed by atoms with Crippen molar-refractivity contribution in [2.75, 3.05) is 26.2 Å². The lowest BCUT2D eigenvalue weighted by atomic mass is 10.1. The van der Waals surface area contributed by atoms with E-state index in [0.29, 0.717) is 19.4 Å². The number of hydrogen-bond donors (Lipinski definition) is 2. The van der Waals surface area contributed by atoms with Gasteiger partial charge in [0.05, 0.1) is 26.1 Å². The maximum atomic E-state index is 10.6. The van der Waals surface area contributed by atoms with Gasteiger partial charge in [0.25, 0.3) is 0 Å². The molecule has 0 aromatic carbocycles. The molecule has 0 bridgehead atoms. The van der Waals surface area contributed by atoms with Gasteiger partial charge >= 0.3 is 5.97 Å². The van der Waals surface area contributed by atoms with E-state index in [2.05, 4.69) is 32.9 Å². The molecule has 0 amide bonds. The van der Waals surface area contributed by atoms with Crippen molar-refractivity contribution in [2.45, 2.75) is 59.0 Å². The van der Waals surface area contributed by atoms with Gasteiger partial charge in [-0.3, -0.25) is 4.79 Å². The molecule has 4 heteroatoms. The van der Waals surface area contributed by atoms with Gasteiger partial charge in [0.1, 0.15) is 12.6 Å². The number of aliphatic hydroxyl groups excluding tert-OH is 1. The number of nitrogens with zero attached hydrogens (tertiary/aromatic N) is 1. The van der Waals surface area contributed by atoms with Crippen molar-refractivity contribution in [1.29, 1.82) is 0 Å². The fourth-order valence-corrected chi connectivity index (χ4v) is 2.51. The Balaban J connectivity index is 4.31.